The van der Waals surface area contributed by atoms with Crippen molar-refractivity contribution in [3.05, 3.63) is 65.7 Å². The molecule has 125 heavy (non-hydrogen) atoms. The van der Waals surface area contributed by atoms with Crippen LogP contribution in [0.3, 0.4) is 0 Å². The van der Waals surface area contributed by atoms with Crippen LogP contribution in [0, 0.1) is 28.6 Å². The highest BCUT2D eigenvalue weighted by Gasteiger charge is 2.44. The average molecular weight is 1800 g/mol. The second-order valence-electron chi connectivity index (χ2n) is 30.4. The molecule has 16 amide bonds. The van der Waals surface area contributed by atoms with Gasteiger partial charge in [0.1, 0.15) is 84.3 Å². The second kappa shape index (κ2) is 54.4. The van der Waals surface area contributed by atoms with Gasteiger partial charge < -0.3 is 138 Å². The predicted molar refractivity (Wildman–Crippen MR) is 456 cm³/mol. The van der Waals surface area contributed by atoms with Crippen molar-refractivity contribution < 1.29 is 112 Å². The Kier molecular flexibility index (Phi) is 46.6. The van der Waals surface area contributed by atoms with Gasteiger partial charge in [-0.15, -0.1) is 0 Å². The third-order valence-corrected chi connectivity index (χ3v) is 20.5. The topological polar surface area (TPSA) is 756 Å². The van der Waals surface area contributed by atoms with E-state index in [0.717, 1.165) is 0 Å². The molecular weight excluding hydrogens is 1680 g/mol. The second-order valence-corrected chi connectivity index (χ2v) is 31.2. The van der Waals surface area contributed by atoms with Gasteiger partial charge in [0.15, 0.2) is 11.9 Å². The van der Waals surface area contributed by atoms with E-state index >= 15 is 0 Å². The number of aliphatic hydroxyl groups excluding tert-OH is 2. The zero-order chi connectivity index (χ0) is 94.1. The molecule has 1 heterocycles. The molecule has 1 aliphatic rings. The van der Waals surface area contributed by atoms with Crippen LogP contribution in [0.2, 0.25) is 0 Å². The summed E-state index contributed by atoms with van der Waals surface area (Å²) in [7, 11) is 0. The Labute approximate surface area is 732 Å². The van der Waals surface area contributed by atoms with Crippen molar-refractivity contribution in [3.8, 4) is 5.75 Å². The normalized spacial score (nSPS) is 16.3. The number of carboxylic acids is 2. The highest BCUT2D eigenvalue weighted by atomic mass is 32.1. The van der Waals surface area contributed by atoms with Gasteiger partial charge in [-0.25, -0.2) is 4.79 Å². The van der Waals surface area contributed by atoms with Crippen LogP contribution in [0.5, 0.6) is 5.75 Å². The van der Waals surface area contributed by atoms with Crippen molar-refractivity contribution in [3.63, 3.8) is 0 Å². The van der Waals surface area contributed by atoms with Crippen LogP contribution in [-0.4, -0.2) is 290 Å². The van der Waals surface area contributed by atoms with E-state index in [9.17, 15) is 112 Å². The largest absolute Gasteiger partial charge is 0.508 e. The number of carbonyl (C=O) groups excluding carboxylic acids is 16. The molecule has 1 aliphatic heterocycles. The van der Waals surface area contributed by atoms with Gasteiger partial charge in [0.2, 0.25) is 94.5 Å². The molecule has 16 atom stereocenters. The maximum absolute atomic E-state index is 14.4. The number of guanidine groups is 2. The summed E-state index contributed by atoms with van der Waals surface area (Å²) in [6.07, 6.45) is -2.17. The Balaban J connectivity index is 1.75. The lowest BCUT2D eigenvalue weighted by Crippen LogP contribution is -2.62. The van der Waals surface area contributed by atoms with Crippen molar-refractivity contribution in [2.45, 2.75) is 216 Å². The van der Waals surface area contributed by atoms with Gasteiger partial charge in [-0.05, 0) is 92.9 Å². The summed E-state index contributed by atoms with van der Waals surface area (Å²) < 4.78 is 0. The van der Waals surface area contributed by atoms with Gasteiger partial charge in [-0.3, -0.25) is 92.3 Å². The maximum Gasteiger partial charge on any atom is 0.326 e. The number of carbonyl (C=O) groups is 18. The van der Waals surface area contributed by atoms with E-state index in [2.05, 4.69) is 110 Å². The number of nitrogens with zero attached hydrogens (tertiary/aromatic N) is 1. The Morgan fingerprint density at radius 3 is 1.32 bits per heavy atom. The quantitative estimate of drug-likeness (QED) is 0.0127. The number of phenols is 1. The monoisotopic (exact) mass is 1800 g/mol. The lowest BCUT2D eigenvalue weighted by atomic mass is 9.95. The summed E-state index contributed by atoms with van der Waals surface area (Å²) in [6.45, 7) is 7.10. The molecule has 31 N–H and O–H groups in total. The lowest BCUT2D eigenvalue weighted by Gasteiger charge is -2.34. The Hall–Kier alpha value is -12.2. The van der Waals surface area contributed by atoms with Crippen molar-refractivity contribution in [2.75, 3.05) is 50.9 Å². The molecular formula is C77H121N23O23S2. The zero-order valence-electron chi connectivity index (χ0n) is 70.5. The number of aliphatic carboxylic acids is 2. The SMILES string of the molecule is CC[C@H](C)[C@H](NC(=O)[C@H](CCCNC(=N)N)N1C(=O)[C@@H](N)CC1C)C(=O)N[C@H](C(=O)N[C@@H](CCC(N)=O)C(=O)N[C@@H](CS)C(=O)NC(CCCNC(=N)N)C(=O)N[C@@H](CO)C(=O)N[C@H](C(=O)N[C@@H](CCC(=O)O)C(=O)NCC(=O)NC(CO)C(=O)N[C@@H](CS)C(=O)NCC(=O)N[C@@H](Cc1ccccc1)C(=O)N[C@@H](Cc1ccc(O)cc1)C(=O)O)C(C)C)C(C)C. The van der Waals surface area contributed by atoms with Gasteiger partial charge in [-0.2, -0.15) is 25.3 Å². The minimum Gasteiger partial charge on any atom is -0.508 e. The van der Waals surface area contributed by atoms with Gasteiger partial charge in [0, 0.05) is 56.3 Å². The maximum atomic E-state index is 14.4. The number of nitrogens with two attached hydrogens (primary N) is 4. The average Bonchev–Trinajstić information content (AvgIpc) is 1.66. The fraction of sp³-hybridized carbons (Fsp3) is 0.584. The minimum absolute atomic E-state index is 0.0394. The van der Waals surface area contributed by atoms with E-state index in [1.54, 1.807) is 65.0 Å². The third kappa shape index (κ3) is 37.4. The predicted octanol–water partition coefficient (Wildman–Crippen LogP) is -8.51. The highest BCUT2D eigenvalue weighted by molar-refractivity contribution is 7.80. The Morgan fingerprint density at radius 1 is 0.464 bits per heavy atom. The number of phenolic OH excluding ortho intramolecular Hbond substituents is 1. The van der Waals surface area contributed by atoms with Crippen molar-refractivity contribution in [1.29, 1.82) is 10.8 Å². The first-order chi connectivity index (χ1) is 58.9. The number of thiol groups is 2. The van der Waals surface area contributed by atoms with E-state index in [4.69, 9.17) is 33.8 Å². The van der Waals surface area contributed by atoms with Crippen LogP contribution in [0.1, 0.15) is 124 Å². The summed E-state index contributed by atoms with van der Waals surface area (Å²) >= 11 is 8.34. The van der Waals surface area contributed by atoms with Crippen molar-refractivity contribution in [2.24, 2.45) is 40.7 Å². The molecule has 46 nitrogen and oxygen atoms in total. The van der Waals surface area contributed by atoms with E-state index in [0.29, 0.717) is 17.5 Å². The number of rotatable bonds is 56. The van der Waals surface area contributed by atoms with Crippen LogP contribution >= 0.6 is 25.3 Å². The fourth-order valence-electron chi connectivity index (χ4n) is 12.6. The molecule has 48 heteroatoms. The van der Waals surface area contributed by atoms with Crippen molar-refractivity contribution in [1.82, 2.24) is 90.0 Å². The molecule has 0 saturated carbocycles. The number of aliphatic hydroxyl groups is 2. The number of carboxylic acid groups (broad SMARTS) is 2. The van der Waals surface area contributed by atoms with Crippen LogP contribution in [0.15, 0.2) is 54.6 Å². The van der Waals surface area contributed by atoms with E-state index in [1.165, 1.54) is 43.0 Å². The summed E-state index contributed by atoms with van der Waals surface area (Å²) in [5, 5.41) is 104. The third-order valence-electron chi connectivity index (χ3n) is 19.8. The summed E-state index contributed by atoms with van der Waals surface area (Å²) in [4.78, 5) is 245. The first-order valence-corrected chi connectivity index (χ1v) is 41.6. The molecule has 694 valence electrons. The number of aromatic hydroxyl groups is 1. The number of nitrogens with one attached hydrogen (secondary N) is 18. The number of hydrogen-bond donors (Lipinski definition) is 29. The van der Waals surface area contributed by atoms with Gasteiger partial charge in [-0.1, -0.05) is 90.4 Å². The fourth-order valence-corrected chi connectivity index (χ4v) is 13.1. The first-order valence-electron chi connectivity index (χ1n) is 40.3. The van der Waals surface area contributed by atoms with Gasteiger partial charge in [0.25, 0.3) is 0 Å². The van der Waals surface area contributed by atoms with Gasteiger partial charge in [0.05, 0.1) is 32.3 Å². The van der Waals surface area contributed by atoms with Crippen LogP contribution in [0.25, 0.3) is 0 Å². The van der Waals surface area contributed by atoms with Crippen LogP contribution in [-0.2, 0) is 99.1 Å². The standard InChI is InChI=1S/C77H121N23O23S2/c1-8-39(6)61(99-70(117)54(17-13-27-85-77(82)83)100-40(7)28-44(78)74(100)121)73(120)98-60(38(4)5)72(119)92-47(22-24-55(79)104)65(112)96-53(36-125)69(116)90-45(16-12-26-84-76(80)81)64(111)94-51(34-102)68(115)97-59(37(2)3)71(118)91-46(23-25-58(107)108)62(109)86-32-57(106)89-50(33-101)67(114)95-52(35-124)63(110)87-31-56(105)88-48(29-41-14-10-9-11-15-41)66(113)93-49(75(122)123)30-42-18-20-43(103)21-19-42/h9-11,14-15,18-21,37-40,44-54,59-61,101-103,124-125H,8,12-13,16-17,22-36,78H2,1-7H3,(H2,79,104)(H,86,109)(H,87,110)(H,88,105)(H,89,106)(H,90,116)(H,91,118)(H,92,119)(H,93,113)(H,94,111)(H,95,114)(H,96,112)(H,97,115)(H,98,120)(H,99,117)(H,107,108)(H,122,123)(H4,80,81,84)(H4,82,83,85)/t39-,40?,44-,45?,46-,47-,48-,49-,50?,51-,52-,53-,54-,59-,60-,61-/m0/s1. The molecule has 2 aromatic carbocycles. The molecule has 1 saturated heterocycles. The molecule has 0 aromatic heterocycles. The van der Waals surface area contributed by atoms with E-state index in [-0.39, 0.29) is 69.7 Å². The number of likely N-dealkylation sites (tertiary alicyclic amines) is 1. The van der Waals surface area contributed by atoms with Crippen molar-refractivity contribution >= 4 is 144 Å². The highest BCUT2D eigenvalue weighted by Crippen LogP contribution is 2.25. The smallest absolute Gasteiger partial charge is 0.326 e. The van der Waals surface area contributed by atoms with E-state index in [1.807, 2.05) is 0 Å². The van der Waals surface area contributed by atoms with Gasteiger partial charge >= 0.3 is 11.9 Å². The number of primary amides is 1. The lowest BCUT2D eigenvalue weighted by molar-refractivity contribution is -0.142. The molecule has 2 aromatic rings. The minimum atomic E-state index is -1.93. The molecule has 0 bridgehead atoms. The summed E-state index contributed by atoms with van der Waals surface area (Å²) in [5.74, 6) is -22.9. The molecule has 0 radical (unpaired) electrons. The summed E-state index contributed by atoms with van der Waals surface area (Å²) in [6, 6.07) is -7.96. The van der Waals surface area contributed by atoms with E-state index < -0.39 is 284 Å². The van der Waals surface area contributed by atoms with Crippen LogP contribution in [0.4, 0.5) is 0 Å². The first kappa shape index (κ1) is 107. The number of benzene rings is 2. The Morgan fingerprint density at radius 2 is 0.848 bits per heavy atom. The number of amides is 16. The molecule has 0 aliphatic carbocycles. The molecule has 3 unspecified atom stereocenters. The zero-order valence-corrected chi connectivity index (χ0v) is 72.3. The molecule has 0 spiro atoms. The number of hydrogen-bond acceptors (Lipinski definition) is 26. The molecule has 1 fully saturated rings. The van der Waals surface area contributed by atoms with Crippen LogP contribution < -0.4 is 108 Å². The molecule has 3 rings (SSSR count). The Bertz CT molecular complexity index is 4080. The summed E-state index contributed by atoms with van der Waals surface area (Å²) in [5.41, 5.74) is 23.5.